The van der Waals surface area contributed by atoms with Gasteiger partial charge in [-0.25, -0.2) is 0 Å². The van der Waals surface area contributed by atoms with Gasteiger partial charge in [0.1, 0.15) is 0 Å². The first-order chi connectivity index (χ1) is 12.1. The smallest absolute Gasteiger partial charge is 0.169 e. The Kier molecular flexibility index (Phi) is 5.66. The van der Waals surface area contributed by atoms with Gasteiger partial charge in [0.2, 0.25) is 0 Å². The zero-order valence-corrected chi connectivity index (χ0v) is 15.3. The lowest BCUT2D eigenvalue weighted by atomic mass is 10.1. The maximum absolute atomic E-state index is 11.4. The van der Waals surface area contributed by atoms with Gasteiger partial charge in [0.05, 0.1) is 0 Å². The minimum absolute atomic E-state index is 0.103. The number of carbonyl (C=O) groups is 1. The molecule has 0 unspecified atom stereocenters. The Hall–Kier alpha value is -2.40. The number of piperazine rings is 1. The third-order valence-electron chi connectivity index (χ3n) is 4.49. The minimum atomic E-state index is 0.103. The van der Waals surface area contributed by atoms with Crippen LogP contribution in [0.5, 0.6) is 0 Å². The third-order valence-corrected chi connectivity index (χ3v) is 4.89. The lowest BCUT2D eigenvalue weighted by Crippen LogP contribution is -2.51. The lowest BCUT2D eigenvalue weighted by molar-refractivity contribution is 0.101. The molecule has 0 atom stereocenters. The quantitative estimate of drug-likeness (QED) is 0.675. The van der Waals surface area contributed by atoms with Gasteiger partial charge in [-0.1, -0.05) is 30.3 Å². The average molecular weight is 353 g/mol. The molecular weight excluding hydrogens is 330 g/mol. The van der Waals surface area contributed by atoms with Crippen molar-refractivity contribution >= 4 is 28.8 Å². The number of nitrogens with one attached hydrogen (secondary N) is 1. The van der Waals surface area contributed by atoms with Crippen molar-refractivity contribution in [2.24, 2.45) is 0 Å². The van der Waals surface area contributed by atoms with Crippen LogP contribution in [0.2, 0.25) is 0 Å². The van der Waals surface area contributed by atoms with Gasteiger partial charge in [-0.2, -0.15) is 0 Å². The summed E-state index contributed by atoms with van der Waals surface area (Å²) in [6.07, 6.45) is 0. The molecule has 0 aliphatic carbocycles. The molecule has 1 heterocycles. The number of nitrogens with zero attached hydrogens (tertiary/aromatic N) is 2. The normalized spacial score (nSPS) is 14.3. The Labute approximate surface area is 154 Å². The van der Waals surface area contributed by atoms with Crippen LogP contribution in [0.3, 0.4) is 0 Å². The maximum atomic E-state index is 11.4. The number of carbonyl (C=O) groups excluding carboxylic acids is 1. The number of hydrogen-bond donors (Lipinski definition) is 1. The van der Waals surface area contributed by atoms with Gasteiger partial charge in [0.15, 0.2) is 10.9 Å². The van der Waals surface area contributed by atoms with Crippen molar-refractivity contribution < 1.29 is 4.79 Å². The van der Waals surface area contributed by atoms with Crippen LogP contribution in [0.1, 0.15) is 22.8 Å². The van der Waals surface area contributed by atoms with Gasteiger partial charge in [0.25, 0.3) is 0 Å². The highest BCUT2D eigenvalue weighted by Crippen LogP contribution is 2.17. The number of anilines is 1. The second-order valence-corrected chi connectivity index (χ2v) is 6.61. The van der Waals surface area contributed by atoms with E-state index in [1.54, 1.807) is 6.92 Å². The Morgan fingerprint density at radius 1 is 1.00 bits per heavy atom. The van der Waals surface area contributed by atoms with E-state index in [4.69, 9.17) is 12.2 Å². The summed E-state index contributed by atoms with van der Waals surface area (Å²) < 4.78 is 0. The van der Waals surface area contributed by atoms with Gasteiger partial charge < -0.3 is 15.1 Å². The summed E-state index contributed by atoms with van der Waals surface area (Å²) in [5.74, 6) is 0.103. The highest BCUT2D eigenvalue weighted by Gasteiger charge is 2.19. The first-order valence-corrected chi connectivity index (χ1v) is 8.97. The molecule has 2 aromatic rings. The van der Waals surface area contributed by atoms with Gasteiger partial charge in [-0.3, -0.25) is 4.79 Å². The van der Waals surface area contributed by atoms with Gasteiger partial charge >= 0.3 is 0 Å². The zero-order chi connectivity index (χ0) is 17.6. The Morgan fingerprint density at radius 2 is 1.64 bits per heavy atom. The van der Waals surface area contributed by atoms with Crippen LogP contribution in [-0.4, -0.2) is 42.0 Å². The van der Waals surface area contributed by atoms with E-state index in [1.165, 1.54) is 5.56 Å². The Balaban J connectivity index is 1.49. The second-order valence-electron chi connectivity index (χ2n) is 6.22. The Bertz CT molecular complexity index is 722. The molecule has 1 fully saturated rings. The molecule has 0 amide bonds. The second kappa shape index (κ2) is 8.12. The summed E-state index contributed by atoms with van der Waals surface area (Å²) in [4.78, 5) is 15.9. The standard InChI is InChI=1S/C20H23N3OS/c1-16(24)18-7-9-19(10-8-18)22-11-13-23(14-12-22)20(25)21-15-17-5-3-2-4-6-17/h2-10H,11-15H2,1H3,(H,21,25). The van der Waals surface area contributed by atoms with Gasteiger partial charge in [0, 0.05) is 44.0 Å². The number of ketones is 1. The number of Topliss-reactive ketones (excluding diaryl/α,β-unsaturated/α-hetero) is 1. The van der Waals surface area contributed by atoms with E-state index in [9.17, 15) is 4.79 Å². The number of thiocarbonyl (C=S) groups is 1. The molecule has 0 radical (unpaired) electrons. The van der Waals surface area contributed by atoms with Crippen LogP contribution in [0.15, 0.2) is 54.6 Å². The van der Waals surface area contributed by atoms with Crippen LogP contribution >= 0.6 is 12.2 Å². The predicted octanol–water partition coefficient (Wildman–Crippen LogP) is 3.09. The molecule has 4 nitrogen and oxygen atoms in total. The van der Waals surface area contributed by atoms with E-state index in [0.29, 0.717) is 0 Å². The van der Waals surface area contributed by atoms with E-state index in [2.05, 4.69) is 27.2 Å². The van der Waals surface area contributed by atoms with Crippen molar-refractivity contribution in [3.63, 3.8) is 0 Å². The monoisotopic (exact) mass is 353 g/mol. The SMILES string of the molecule is CC(=O)c1ccc(N2CCN(C(=S)NCc3ccccc3)CC2)cc1. The molecule has 5 heteroatoms. The number of hydrogen-bond acceptors (Lipinski definition) is 3. The van der Waals surface area contributed by atoms with Gasteiger partial charge in [-0.15, -0.1) is 0 Å². The van der Waals surface area contributed by atoms with Crippen LogP contribution in [0.25, 0.3) is 0 Å². The summed E-state index contributed by atoms with van der Waals surface area (Å²) in [6, 6.07) is 18.1. The van der Waals surface area contributed by atoms with Crippen molar-refractivity contribution in [2.75, 3.05) is 31.1 Å². The predicted molar refractivity (Wildman–Crippen MR) is 106 cm³/mol. The van der Waals surface area contributed by atoms with E-state index in [0.717, 1.165) is 49.1 Å². The topological polar surface area (TPSA) is 35.6 Å². The molecule has 1 aliphatic heterocycles. The van der Waals surface area contributed by atoms with Crippen LogP contribution in [-0.2, 0) is 6.54 Å². The largest absolute Gasteiger partial charge is 0.368 e. The Morgan fingerprint density at radius 3 is 2.24 bits per heavy atom. The fraction of sp³-hybridized carbons (Fsp3) is 0.300. The van der Waals surface area contributed by atoms with E-state index < -0.39 is 0 Å². The molecule has 0 aromatic heterocycles. The fourth-order valence-electron chi connectivity index (χ4n) is 2.96. The molecule has 130 valence electrons. The molecule has 1 saturated heterocycles. The molecule has 3 rings (SSSR count). The summed E-state index contributed by atoms with van der Waals surface area (Å²) in [5.41, 5.74) is 3.15. The van der Waals surface area contributed by atoms with Crippen molar-refractivity contribution in [3.8, 4) is 0 Å². The highest BCUT2D eigenvalue weighted by molar-refractivity contribution is 7.80. The summed E-state index contributed by atoms with van der Waals surface area (Å²) in [7, 11) is 0. The number of rotatable bonds is 4. The molecule has 0 saturated carbocycles. The van der Waals surface area contributed by atoms with Crippen LogP contribution < -0.4 is 10.2 Å². The molecule has 0 bridgehead atoms. The van der Waals surface area contributed by atoms with E-state index in [1.807, 2.05) is 42.5 Å². The molecular formula is C20H23N3OS. The fourth-order valence-corrected chi connectivity index (χ4v) is 3.21. The molecule has 1 aliphatic rings. The van der Waals surface area contributed by atoms with Crippen LogP contribution in [0, 0.1) is 0 Å². The van der Waals surface area contributed by atoms with Crippen molar-refractivity contribution in [3.05, 3.63) is 65.7 Å². The van der Waals surface area contributed by atoms with Crippen molar-refractivity contribution in [2.45, 2.75) is 13.5 Å². The van der Waals surface area contributed by atoms with E-state index in [-0.39, 0.29) is 5.78 Å². The summed E-state index contributed by atoms with van der Waals surface area (Å²) in [5, 5.41) is 4.16. The summed E-state index contributed by atoms with van der Waals surface area (Å²) in [6.45, 7) is 5.99. The molecule has 1 N–H and O–H groups in total. The van der Waals surface area contributed by atoms with E-state index >= 15 is 0 Å². The highest BCUT2D eigenvalue weighted by atomic mass is 32.1. The first-order valence-electron chi connectivity index (χ1n) is 8.56. The molecule has 0 spiro atoms. The maximum Gasteiger partial charge on any atom is 0.169 e. The number of benzene rings is 2. The summed E-state index contributed by atoms with van der Waals surface area (Å²) >= 11 is 5.53. The zero-order valence-electron chi connectivity index (χ0n) is 14.4. The van der Waals surface area contributed by atoms with Crippen molar-refractivity contribution in [1.82, 2.24) is 10.2 Å². The first kappa shape index (κ1) is 17.4. The third kappa shape index (κ3) is 4.57. The van der Waals surface area contributed by atoms with Gasteiger partial charge in [-0.05, 0) is 49.0 Å². The molecule has 2 aromatic carbocycles. The molecule has 25 heavy (non-hydrogen) atoms. The lowest BCUT2D eigenvalue weighted by Gasteiger charge is -2.37. The van der Waals surface area contributed by atoms with Crippen LogP contribution in [0.4, 0.5) is 5.69 Å². The average Bonchev–Trinajstić information content (AvgIpc) is 2.67. The minimum Gasteiger partial charge on any atom is -0.368 e. The van der Waals surface area contributed by atoms with Crippen molar-refractivity contribution in [1.29, 1.82) is 0 Å².